The molecule has 2 aromatic heterocycles. The number of rotatable bonds is 5. The second kappa shape index (κ2) is 9.68. The molecule has 174 valence electrons. The molecule has 2 fully saturated rings. The van der Waals surface area contributed by atoms with E-state index in [2.05, 4.69) is 10.1 Å². The van der Waals surface area contributed by atoms with Gasteiger partial charge in [-0.2, -0.15) is 18.3 Å². The summed E-state index contributed by atoms with van der Waals surface area (Å²) in [6, 6.07) is 5.75. The molecule has 1 amide bonds. The van der Waals surface area contributed by atoms with Crippen molar-refractivity contribution in [3.8, 4) is 0 Å². The predicted molar refractivity (Wildman–Crippen MR) is 106 cm³/mol. The molecule has 8 nitrogen and oxygen atoms in total. The van der Waals surface area contributed by atoms with Gasteiger partial charge in [-0.3, -0.25) is 14.5 Å². The second-order valence-electron chi connectivity index (χ2n) is 8.17. The number of amides is 1. The van der Waals surface area contributed by atoms with E-state index in [1.54, 1.807) is 16.9 Å². The molecule has 1 aliphatic carbocycles. The van der Waals surface area contributed by atoms with Crippen molar-refractivity contribution in [2.45, 2.75) is 32.0 Å². The van der Waals surface area contributed by atoms with Gasteiger partial charge in [-0.15, -0.1) is 0 Å². The number of hydrogen-bond acceptors (Lipinski definition) is 5. The molecule has 11 heteroatoms. The third-order valence-electron chi connectivity index (χ3n) is 5.88. The van der Waals surface area contributed by atoms with Crippen LogP contribution in [0.5, 0.6) is 0 Å². The molecule has 0 radical (unpaired) electrons. The van der Waals surface area contributed by atoms with Gasteiger partial charge in [0.1, 0.15) is 5.69 Å². The Morgan fingerprint density at radius 3 is 2.69 bits per heavy atom. The number of alkyl halides is 3. The molecular formula is C21H25F3N4O4. The van der Waals surface area contributed by atoms with Gasteiger partial charge in [-0.25, -0.2) is 4.79 Å². The molecule has 2 atom stereocenters. The van der Waals surface area contributed by atoms with Crippen molar-refractivity contribution < 1.29 is 32.6 Å². The van der Waals surface area contributed by atoms with Crippen LogP contribution >= 0.6 is 0 Å². The lowest BCUT2D eigenvalue weighted by molar-refractivity contribution is -0.192. The molecule has 1 aliphatic heterocycles. The van der Waals surface area contributed by atoms with Crippen LogP contribution < -0.4 is 0 Å². The highest BCUT2D eigenvalue weighted by Crippen LogP contribution is 2.49. The van der Waals surface area contributed by atoms with Crippen molar-refractivity contribution in [3.63, 3.8) is 0 Å². The van der Waals surface area contributed by atoms with E-state index in [4.69, 9.17) is 14.6 Å². The average molecular weight is 454 g/mol. The number of hydrogen-bond donors (Lipinski definition) is 1. The lowest BCUT2D eigenvalue weighted by atomic mass is 9.81. The van der Waals surface area contributed by atoms with Crippen LogP contribution in [0.3, 0.4) is 0 Å². The molecule has 2 aliphatic rings. The van der Waals surface area contributed by atoms with E-state index in [1.165, 1.54) is 12.8 Å². The highest BCUT2D eigenvalue weighted by Gasteiger charge is 2.51. The lowest BCUT2D eigenvalue weighted by Crippen LogP contribution is -2.35. The topological polar surface area (TPSA) is 97.5 Å². The van der Waals surface area contributed by atoms with E-state index in [9.17, 15) is 18.0 Å². The van der Waals surface area contributed by atoms with Gasteiger partial charge in [0.2, 0.25) is 0 Å². The number of fused-ring (bicyclic) bond motifs is 1. The first kappa shape index (κ1) is 23.7. The Labute approximate surface area is 183 Å². The molecular weight excluding hydrogens is 429 g/mol. The van der Waals surface area contributed by atoms with Crippen molar-refractivity contribution in [2.24, 2.45) is 18.4 Å². The van der Waals surface area contributed by atoms with Crippen LogP contribution in [-0.4, -0.2) is 62.5 Å². The molecule has 1 saturated carbocycles. The normalized spacial score (nSPS) is 22.2. The van der Waals surface area contributed by atoms with Crippen LogP contribution in [0.2, 0.25) is 0 Å². The molecule has 2 aromatic rings. The first-order valence-electron chi connectivity index (χ1n) is 10.2. The number of aryl methyl sites for hydroxylation is 1. The molecule has 32 heavy (non-hydrogen) atoms. The fourth-order valence-electron chi connectivity index (χ4n) is 4.35. The number of carboxylic acid groups (broad SMARTS) is 1. The van der Waals surface area contributed by atoms with Gasteiger partial charge in [0.25, 0.3) is 5.91 Å². The maximum atomic E-state index is 12.7. The van der Waals surface area contributed by atoms with Crippen molar-refractivity contribution in [3.05, 3.63) is 48.0 Å². The lowest BCUT2D eigenvalue weighted by Gasteiger charge is -2.28. The third-order valence-corrected chi connectivity index (χ3v) is 5.88. The Morgan fingerprint density at radius 2 is 2.09 bits per heavy atom. The summed E-state index contributed by atoms with van der Waals surface area (Å²) in [5, 5.41) is 11.4. The van der Waals surface area contributed by atoms with Crippen LogP contribution in [0, 0.1) is 11.3 Å². The molecule has 1 N–H and O–H groups in total. The van der Waals surface area contributed by atoms with E-state index in [-0.39, 0.29) is 11.3 Å². The summed E-state index contributed by atoms with van der Waals surface area (Å²) in [5.74, 6) is -2.18. The summed E-state index contributed by atoms with van der Waals surface area (Å²) in [6.45, 7) is 2.89. The Balaban J connectivity index is 0.000000360. The smallest absolute Gasteiger partial charge is 0.475 e. The number of ether oxygens (including phenoxy) is 1. The Hall–Kier alpha value is -2.95. The van der Waals surface area contributed by atoms with E-state index >= 15 is 0 Å². The number of halogens is 3. The number of likely N-dealkylation sites (tertiary alicyclic amines) is 1. The van der Waals surface area contributed by atoms with Gasteiger partial charge >= 0.3 is 12.1 Å². The maximum Gasteiger partial charge on any atom is 0.490 e. The minimum Gasteiger partial charge on any atom is -0.475 e. The van der Waals surface area contributed by atoms with Crippen LogP contribution in [0.25, 0.3) is 0 Å². The second-order valence-corrected chi connectivity index (χ2v) is 8.17. The van der Waals surface area contributed by atoms with Gasteiger partial charge in [0.15, 0.2) is 0 Å². The molecule has 0 aromatic carbocycles. The number of aromatic nitrogens is 3. The Kier molecular flexibility index (Phi) is 7.17. The summed E-state index contributed by atoms with van der Waals surface area (Å²) in [4.78, 5) is 27.7. The Bertz CT molecular complexity index is 935. The standard InChI is InChI=1S/C19H24N4O2.C2HF3O2/c1-22-9-6-17(21-22)18(24)23-11-16-5-2-7-19(16,13-23)14-25-12-15-4-3-8-20-10-15;3-2(4,5)1(6)7/h3-4,6,8-10,16H,2,5,7,11-14H2,1H3;(H,6,7)/t16-,19+;/m1./s1. The number of carboxylic acids is 1. The van der Waals surface area contributed by atoms with E-state index in [0.717, 1.165) is 25.1 Å². The summed E-state index contributed by atoms with van der Waals surface area (Å²) >= 11 is 0. The zero-order valence-electron chi connectivity index (χ0n) is 17.6. The van der Waals surface area contributed by atoms with Crippen LogP contribution in [-0.2, 0) is 23.2 Å². The fraction of sp³-hybridized carbons (Fsp3) is 0.524. The number of carbonyl (C=O) groups is 2. The first-order chi connectivity index (χ1) is 15.1. The van der Waals surface area contributed by atoms with Crippen molar-refractivity contribution in [1.82, 2.24) is 19.7 Å². The monoisotopic (exact) mass is 454 g/mol. The van der Waals surface area contributed by atoms with Gasteiger partial charge in [0, 0.05) is 44.1 Å². The van der Waals surface area contributed by atoms with E-state index in [0.29, 0.717) is 24.8 Å². The van der Waals surface area contributed by atoms with Crippen molar-refractivity contribution in [2.75, 3.05) is 19.7 Å². The van der Waals surface area contributed by atoms with Crippen LogP contribution in [0.4, 0.5) is 13.2 Å². The molecule has 0 spiro atoms. The van der Waals surface area contributed by atoms with Crippen LogP contribution in [0.15, 0.2) is 36.8 Å². The fourth-order valence-corrected chi connectivity index (χ4v) is 4.35. The Morgan fingerprint density at radius 1 is 1.34 bits per heavy atom. The maximum absolute atomic E-state index is 12.7. The summed E-state index contributed by atoms with van der Waals surface area (Å²) in [5.41, 5.74) is 1.73. The largest absolute Gasteiger partial charge is 0.490 e. The zero-order valence-corrected chi connectivity index (χ0v) is 17.6. The molecule has 3 heterocycles. The van der Waals surface area contributed by atoms with E-state index < -0.39 is 12.1 Å². The first-order valence-corrected chi connectivity index (χ1v) is 10.2. The molecule has 4 rings (SSSR count). The highest BCUT2D eigenvalue weighted by molar-refractivity contribution is 5.92. The van der Waals surface area contributed by atoms with Crippen LogP contribution in [0.1, 0.15) is 35.3 Å². The number of pyridine rings is 1. The van der Waals surface area contributed by atoms with Gasteiger partial charge in [0.05, 0.1) is 13.2 Å². The number of carbonyl (C=O) groups excluding carboxylic acids is 1. The summed E-state index contributed by atoms with van der Waals surface area (Å²) in [7, 11) is 1.84. The van der Waals surface area contributed by atoms with Crippen molar-refractivity contribution >= 4 is 11.9 Å². The SMILES string of the molecule is Cn1ccc(C(=O)N2C[C@H]3CCC[C@@]3(COCc3cccnc3)C2)n1.O=C(O)C(F)(F)F. The zero-order chi connectivity index (χ0) is 23.4. The molecule has 0 bridgehead atoms. The third kappa shape index (κ3) is 5.64. The number of nitrogens with zero attached hydrogens (tertiary/aromatic N) is 4. The summed E-state index contributed by atoms with van der Waals surface area (Å²) in [6.07, 6.45) is 3.89. The van der Waals surface area contributed by atoms with Gasteiger partial charge in [-0.05, 0) is 36.5 Å². The van der Waals surface area contributed by atoms with E-state index in [1.807, 2.05) is 36.5 Å². The quantitative estimate of drug-likeness (QED) is 0.746. The van der Waals surface area contributed by atoms with Gasteiger partial charge < -0.3 is 14.7 Å². The molecule has 0 unspecified atom stereocenters. The van der Waals surface area contributed by atoms with Crippen molar-refractivity contribution in [1.29, 1.82) is 0 Å². The van der Waals surface area contributed by atoms with Gasteiger partial charge in [-0.1, -0.05) is 12.5 Å². The average Bonchev–Trinajstić information content (AvgIpc) is 3.42. The molecule has 1 saturated heterocycles. The predicted octanol–water partition coefficient (Wildman–Crippen LogP) is 2.91. The minimum atomic E-state index is -5.08. The number of aliphatic carboxylic acids is 1. The minimum absolute atomic E-state index is 0.0432. The highest BCUT2D eigenvalue weighted by atomic mass is 19.4. The summed E-state index contributed by atoms with van der Waals surface area (Å²) < 4.78 is 39.5.